The molecule has 2 rings (SSSR count). The lowest BCUT2D eigenvalue weighted by molar-refractivity contribution is -0.385. The van der Waals surface area contributed by atoms with Crippen molar-refractivity contribution in [3.8, 4) is 0 Å². The van der Waals surface area contributed by atoms with Crippen LogP contribution in [0.2, 0.25) is 0 Å². The van der Waals surface area contributed by atoms with Crippen molar-refractivity contribution in [2.45, 2.75) is 38.0 Å². The molecule has 1 N–H and O–H groups in total. The lowest BCUT2D eigenvalue weighted by Crippen LogP contribution is -2.36. The molecule has 0 spiro atoms. The first-order valence-electron chi connectivity index (χ1n) is 6.21. The van der Waals surface area contributed by atoms with Crippen LogP contribution in [-0.2, 0) is 11.3 Å². The minimum atomic E-state index is -0.334. The first kappa shape index (κ1) is 13.0. The van der Waals surface area contributed by atoms with Gasteiger partial charge in [-0.3, -0.25) is 10.1 Å². The number of para-hydroxylation sites is 1. The van der Waals surface area contributed by atoms with Crippen LogP contribution >= 0.6 is 0 Å². The first-order chi connectivity index (χ1) is 8.72. The van der Waals surface area contributed by atoms with E-state index in [1.54, 1.807) is 25.3 Å². The fourth-order valence-corrected chi connectivity index (χ4v) is 2.52. The Hall–Kier alpha value is -1.46. The van der Waals surface area contributed by atoms with Gasteiger partial charge in [-0.1, -0.05) is 18.2 Å². The topological polar surface area (TPSA) is 64.4 Å². The first-order valence-corrected chi connectivity index (χ1v) is 6.21. The number of nitrogens with one attached hydrogen (secondary N) is 1. The van der Waals surface area contributed by atoms with Gasteiger partial charge in [-0.15, -0.1) is 0 Å². The summed E-state index contributed by atoms with van der Waals surface area (Å²) in [5.74, 6) is 0. The molecule has 1 aliphatic carbocycles. The van der Waals surface area contributed by atoms with E-state index in [4.69, 9.17) is 4.74 Å². The van der Waals surface area contributed by atoms with E-state index in [2.05, 4.69) is 5.32 Å². The molecule has 0 heterocycles. The number of nitro benzene ring substituents is 1. The van der Waals surface area contributed by atoms with Gasteiger partial charge >= 0.3 is 0 Å². The van der Waals surface area contributed by atoms with E-state index in [1.807, 2.05) is 6.07 Å². The molecule has 18 heavy (non-hydrogen) atoms. The van der Waals surface area contributed by atoms with E-state index in [0.717, 1.165) is 24.8 Å². The Morgan fingerprint density at radius 1 is 1.44 bits per heavy atom. The van der Waals surface area contributed by atoms with Crippen molar-refractivity contribution in [1.29, 1.82) is 0 Å². The number of methoxy groups -OCH3 is 1. The van der Waals surface area contributed by atoms with Crippen molar-refractivity contribution in [2.24, 2.45) is 0 Å². The summed E-state index contributed by atoms with van der Waals surface area (Å²) in [4.78, 5) is 10.6. The van der Waals surface area contributed by atoms with Crippen molar-refractivity contribution in [3.63, 3.8) is 0 Å². The molecule has 0 radical (unpaired) electrons. The number of ether oxygens (including phenoxy) is 1. The number of rotatable bonds is 5. The minimum absolute atomic E-state index is 0.178. The molecular weight excluding hydrogens is 232 g/mol. The molecule has 5 heteroatoms. The van der Waals surface area contributed by atoms with E-state index < -0.39 is 0 Å². The van der Waals surface area contributed by atoms with E-state index in [9.17, 15) is 10.1 Å². The summed E-state index contributed by atoms with van der Waals surface area (Å²) in [5.41, 5.74) is 0.904. The average molecular weight is 250 g/mol. The van der Waals surface area contributed by atoms with Crippen molar-refractivity contribution in [1.82, 2.24) is 5.32 Å². The number of nitro groups is 1. The third-order valence-electron chi connectivity index (χ3n) is 3.50. The fraction of sp³-hybridized carbons (Fsp3) is 0.538. The van der Waals surface area contributed by atoms with E-state index >= 15 is 0 Å². The van der Waals surface area contributed by atoms with Crippen LogP contribution in [-0.4, -0.2) is 24.2 Å². The molecular formula is C13H18N2O3. The maximum Gasteiger partial charge on any atom is 0.273 e. The third kappa shape index (κ3) is 2.86. The van der Waals surface area contributed by atoms with Crippen LogP contribution in [0.4, 0.5) is 5.69 Å². The van der Waals surface area contributed by atoms with Gasteiger partial charge in [-0.25, -0.2) is 0 Å². The molecule has 1 fully saturated rings. The highest BCUT2D eigenvalue weighted by Crippen LogP contribution is 2.23. The Morgan fingerprint density at radius 2 is 2.22 bits per heavy atom. The number of hydrogen-bond donors (Lipinski definition) is 1. The molecule has 2 unspecified atom stereocenters. The molecule has 0 aromatic heterocycles. The molecule has 1 aliphatic rings. The molecule has 1 saturated carbocycles. The molecule has 0 bridgehead atoms. The monoisotopic (exact) mass is 250 g/mol. The Bertz CT molecular complexity index is 422. The predicted octanol–water partition coefficient (Wildman–Crippen LogP) is 2.25. The van der Waals surface area contributed by atoms with Gasteiger partial charge in [0.1, 0.15) is 0 Å². The van der Waals surface area contributed by atoms with Gasteiger partial charge < -0.3 is 10.1 Å². The van der Waals surface area contributed by atoms with Crippen LogP contribution in [0.15, 0.2) is 24.3 Å². The average Bonchev–Trinajstić information content (AvgIpc) is 2.84. The fourth-order valence-electron chi connectivity index (χ4n) is 2.52. The minimum Gasteiger partial charge on any atom is -0.380 e. The van der Waals surface area contributed by atoms with Gasteiger partial charge in [0.25, 0.3) is 5.69 Å². The van der Waals surface area contributed by atoms with Crippen molar-refractivity contribution >= 4 is 5.69 Å². The highest BCUT2D eigenvalue weighted by atomic mass is 16.6. The van der Waals surface area contributed by atoms with Gasteiger partial charge in [0, 0.05) is 31.3 Å². The zero-order chi connectivity index (χ0) is 13.0. The molecule has 1 aromatic carbocycles. The van der Waals surface area contributed by atoms with Crippen LogP contribution in [0.25, 0.3) is 0 Å². The van der Waals surface area contributed by atoms with Gasteiger partial charge in [0.05, 0.1) is 11.0 Å². The van der Waals surface area contributed by atoms with Crippen LogP contribution in [0, 0.1) is 10.1 Å². The highest BCUT2D eigenvalue weighted by Gasteiger charge is 2.27. The second kappa shape index (κ2) is 5.93. The van der Waals surface area contributed by atoms with E-state index in [0.29, 0.717) is 12.6 Å². The molecule has 1 aromatic rings. The van der Waals surface area contributed by atoms with Gasteiger partial charge in [-0.05, 0) is 19.3 Å². The summed E-state index contributed by atoms with van der Waals surface area (Å²) in [5, 5.41) is 14.3. The molecule has 2 atom stereocenters. The number of hydrogen-bond acceptors (Lipinski definition) is 4. The Labute approximate surface area is 106 Å². The van der Waals surface area contributed by atoms with Crippen molar-refractivity contribution in [3.05, 3.63) is 39.9 Å². The van der Waals surface area contributed by atoms with Crippen LogP contribution in [0.5, 0.6) is 0 Å². The maximum absolute atomic E-state index is 10.9. The maximum atomic E-state index is 10.9. The van der Waals surface area contributed by atoms with Crippen LogP contribution in [0.1, 0.15) is 24.8 Å². The Balaban J connectivity index is 2.00. The highest BCUT2D eigenvalue weighted by molar-refractivity contribution is 5.39. The lowest BCUT2D eigenvalue weighted by Gasteiger charge is -2.19. The summed E-state index contributed by atoms with van der Waals surface area (Å²) in [6.07, 6.45) is 3.50. The van der Waals surface area contributed by atoms with Gasteiger partial charge in [-0.2, -0.15) is 0 Å². The third-order valence-corrected chi connectivity index (χ3v) is 3.50. The van der Waals surface area contributed by atoms with E-state index in [1.165, 1.54) is 0 Å². The molecule has 98 valence electrons. The Kier molecular flexibility index (Phi) is 4.28. The van der Waals surface area contributed by atoms with Gasteiger partial charge in [0.2, 0.25) is 0 Å². The Morgan fingerprint density at radius 3 is 2.94 bits per heavy atom. The molecule has 5 nitrogen and oxygen atoms in total. The molecule has 0 aliphatic heterocycles. The standard InChI is InChI=1S/C13H18N2O3/c1-18-13-8-4-6-11(13)14-9-10-5-2-3-7-12(10)15(16)17/h2-3,5,7,11,13-14H,4,6,8-9H2,1H3. The lowest BCUT2D eigenvalue weighted by atomic mass is 10.1. The summed E-state index contributed by atoms with van der Waals surface area (Å²) in [6.45, 7) is 0.516. The zero-order valence-electron chi connectivity index (χ0n) is 10.5. The quantitative estimate of drug-likeness (QED) is 0.643. The van der Waals surface area contributed by atoms with Crippen molar-refractivity contribution < 1.29 is 9.66 Å². The SMILES string of the molecule is COC1CCCC1NCc1ccccc1[N+](=O)[O-]. The summed E-state index contributed by atoms with van der Waals surface area (Å²) < 4.78 is 5.39. The normalized spacial score (nSPS) is 23.2. The summed E-state index contributed by atoms with van der Waals surface area (Å²) in [6, 6.07) is 7.15. The second-order valence-electron chi connectivity index (χ2n) is 4.58. The number of benzene rings is 1. The summed E-state index contributed by atoms with van der Waals surface area (Å²) >= 11 is 0. The molecule has 0 amide bonds. The van der Waals surface area contributed by atoms with E-state index in [-0.39, 0.29) is 16.7 Å². The number of nitrogens with zero attached hydrogens (tertiary/aromatic N) is 1. The van der Waals surface area contributed by atoms with Gasteiger partial charge in [0.15, 0.2) is 0 Å². The van der Waals surface area contributed by atoms with Crippen LogP contribution in [0.3, 0.4) is 0 Å². The predicted molar refractivity (Wildman–Crippen MR) is 68.4 cm³/mol. The summed E-state index contributed by atoms with van der Waals surface area (Å²) in [7, 11) is 1.72. The van der Waals surface area contributed by atoms with Crippen molar-refractivity contribution in [2.75, 3.05) is 7.11 Å². The van der Waals surface area contributed by atoms with Crippen LogP contribution < -0.4 is 5.32 Å². The largest absolute Gasteiger partial charge is 0.380 e. The smallest absolute Gasteiger partial charge is 0.273 e. The second-order valence-corrected chi connectivity index (χ2v) is 4.58. The molecule has 0 saturated heterocycles. The zero-order valence-corrected chi connectivity index (χ0v) is 10.5.